The van der Waals surface area contributed by atoms with Crippen molar-refractivity contribution in [1.29, 1.82) is 0 Å². The summed E-state index contributed by atoms with van der Waals surface area (Å²) in [6.45, 7) is 1.61. The molecule has 17 heavy (non-hydrogen) atoms. The second-order valence-electron chi connectivity index (χ2n) is 3.69. The third-order valence-electron chi connectivity index (χ3n) is 2.40. The Kier molecular flexibility index (Phi) is 5.25. The van der Waals surface area contributed by atoms with Gasteiger partial charge in [0.1, 0.15) is 11.6 Å². The van der Waals surface area contributed by atoms with Crippen LogP contribution in [0.3, 0.4) is 0 Å². The first-order valence-electron chi connectivity index (χ1n) is 5.25. The topological polar surface area (TPSA) is 58.6 Å². The Labute approximate surface area is 106 Å². The molecule has 4 nitrogen and oxygen atoms in total. The van der Waals surface area contributed by atoms with E-state index in [2.05, 4.69) is 5.32 Å². The predicted molar refractivity (Wildman–Crippen MR) is 66.3 cm³/mol. The van der Waals surface area contributed by atoms with Gasteiger partial charge in [0.05, 0.1) is 19.3 Å². The lowest BCUT2D eigenvalue weighted by atomic mass is 10.0. The Hall–Kier alpha value is -1.26. The molecule has 0 saturated heterocycles. The number of carbonyl (C=O) groups is 1. The lowest BCUT2D eigenvalue weighted by Crippen LogP contribution is -2.35. The van der Waals surface area contributed by atoms with Gasteiger partial charge < -0.3 is 15.2 Å². The van der Waals surface area contributed by atoms with E-state index in [9.17, 15) is 9.90 Å². The van der Waals surface area contributed by atoms with Crippen LogP contribution in [0.2, 0.25) is 0 Å². The van der Waals surface area contributed by atoms with Crippen molar-refractivity contribution in [2.75, 3.05) is 13.0 Å². The Morgan fingerprint density at radius 1 is 1.47 bits per heavy atom. The molecular weight excluding hydrogens is 242 g/mol. The van der Waals surface area contributed by atoms with Gasteiger partial charge in [0.2, 0.25) is 5.91 Å². The van der Waals surface area contributed by atoms with Crippen LogP contribution in [0.4, 0.5) is 0 Å². The van der Waals surface area contributed by atoms with Gasteiger partial charge in [0.25, 0.3) is 0 Å². The Bertz CT molecular complexity index is 365. The number of benzene rings is 1. The molecule has 0 aliphatic heterocycles. The van der Waals surface area contributed by atoms with E-state index in [-0.39, 0.29) is 11.8 Å². The van der Waals surface area contributed by atoms with Crippen LogP contribution in [0.1, 0.15) is 18.5 Å². The van der Waals surface area contributed by atoms with Crippen LogP contribution in [0.15, 0.2) is 24.3 Å². The highest BCUT2D eigenvalue weighted by Gasteiger charge is 2.19. The van der Waals surface area contributed by atoms with Crippen molar-refractivity contribution >= 4 is 17.5 Å². The van der Waals surface area contributed by atoms with Crippen LogP contribution < -0.4 is 10.1 Å². The van der Waals surface area contributed by atoms with E-state index in [4.69, 9.17) is 16.3 Å². The van der Waals surface area contributed by atoms with Gasteiger partial charge in [0.15, 0.2) is 0 Å². The number of methoxy groups -OCH3 is 1. The molecule has 0 radical (unpaired) electrons. The fourth-order valence-corrected chi connectivity index (χ4v) is 1.58. The lowest BCUT2D eigenvalue weighted by molar-refractivity contribution is -0.120. The summed E-state index contributed by atoms with van der Waals surface area (Å²) >= 11 is 5.42. The monoisotopic (exact) mass is 257 g/mol. The van der Waals surface area contributed by atoms with E-state index in [1.807, 2.05) is 0 Å². The molecule has 1 aromatic rings. The second-order valence-corrected chi connectivity index (χ2v) is 3.96. The molecule has 0 saturated carbocycles. The minimum absolute atomic E-state index is 0.126. The van der Waals surface area contributed by atoms with Crippen molar-refractivity contribution in [2.24, 2.45) is 0 Å². The number of hydrogen-bond acceptors (Lipinski definition) is 3. The van der Waals surface area contributed by atoms with E-state index in [1.54, 1.807) is 38.3 Å². The highest BCUT2D eigenvalue weighted by molar-refractivity contribution is 6.27. The summed E-state index contributed by atoms with van der Waals surface area (Å²) < 4.78 is 5.04. The van der Waals surface area contributed by atoms with E-state index >= 15 is 0 Å². The van der Waals surface area contributed by atoms with Gasteiger partial charge in [-0.3, -0.25) is 4.79 Å². The molecule has 0 spiro atoms. The van der Waals surface area contributed by atoms with Gasteiger partial charge >= 0.3 is 0 Å². The van der Waals surface area contributed by atoms with E-state index in [0.717, 1.165) is 11.3 Å². The van der Waals surface area contributed by atoms with E-state index < -0.39 is 12.1 Å². The zero-order valence-electron chi connectivity index (χ0n) is 9.81. The van der Waals surface area contributed by atoms with Crippen LogP contribution in [-0.4, -0.2) is 30.1 Å². The third-order valence-corrected chi connectivity index (χ3v) is 2.64. The highest BCUT2D eigenvalue weighted by Crippen LogP contribution is 2.20. The molecule has 0 aliphatic carbocycles. The van der Waals surface area contributed by atoms with Crippen LogP contribution in [0, 0.1) is 0 Å². The lowest BCUT2D eigenvalue weighted by Gasteiger charge is -2.21. The smallest absolute Gasteiger partial charge is 0.235 e. The van der Waals surface area contributed by atoms with Crippen LogP contribution in [0.25, 0.3) is 0 Å². The third kappa shape index (κ3) is 3.91. The standard InChI is InChI=1S/C12H16ClNO3/c1-8(15)12(14-11(16)7-13)9-3-5-10(17-2)6-4-9/h3-6,8,12,15H,7H2,1-2H3,(H,14,16). The van der Waals surface area contributed by atoms with Gasteiger partial charge in [-0.05, 0) is 24.6 Å². The molecule has 0 aromatic heterocycles. The zero-order valence-corrected chi connectivity index (χ0v) is 10.6. The summed E-state index contributed by atoms with van der Waals surface area (Å²) in [4.78, 5) is 11.2. The number of rotatable bonds is 5. The van der Waals surface area contributed by atoms with Crippen molar-refractivity contribution in [3.8, 4) is 5.75 Å². The van der Waals surface area contributed by atoms with Gasteiger partial charge in [-0.15, -0.1) is 11.6 Å². The number of nitrogens with one attached hydrogen (secondary N) is 1. The largest absolute Gasteiger partial charge is 0.497 e. The van der Waals surface area contributed by atoms with Crippen LogP contribution in [-0.2, 0) is 4.79 Å². The number of halogens is 1. The molecule has 1 rings (SSSR count). The van der Waals surface area contributed by atoms with Gasteiger partial charge in [-0.2, -0.15) is 0 Å². The minimum Gasteiger partial charge on any atom is -0.497 e. The average molecular weight is 258 g/mol. The summed E-state index contributed by atoms with van der Waals surface area (Å²) in [5.74, 6) is 0.287. The van der Waals surface area contributed by atoms with Crippen molar-refractivity contribution in [3.63, 3.8) is 0 Å². The average Bonchev–Trinajstić information content (AvgIpc) is 2.35. The first-order valence-corrected chi connectivity index (χ1v) is 5.79. The molecular formula is C12H16ClNO3. The highest BCUT2D eigenvalue weighted by atomic mass is 35.5. The van der Waals surface area contributed by atoms with E-state index in [0.29, 0.717) is 0 Å². The number of hydrogen-bond donors (Lipinski definition) is 2. The maximum Gasteiger partial charge on any atom is 0.235 e. The fourth-order valence-electron chi connectivity index (χ4n) is 1.51. The molecule has 2 N–H and O–H groups in total. The summed E-state index contributed by atoms with van der Waals surface area (Å²) in [5, 5.41) is 12.3. The summed E-state index contributed by atoms with van der Waals surface area (Å²) in [6.07, 6.45) is -0.699. The minimum atomic E-state index is -0.699. The molecule has 94 valence electrons. The zero-order chi connectivity index (χ0) is 12.8. The predicted octanol–water partition coefficient (Wildman–Crippen LogP) is 1.47. The van der Waals surface area contributed by atoms with Gasteiger partial charge in [0, 0.05) is 0 Å². The van der Waals surface area contributed by atoms with Crippen LogP contribution in [0.5, 0.6) is 5.75 Å². The Balaban J connectivity index is 2.85. The number of amides is 1. The van der Waals surface area contributed by atoms with Gasteiger partial charge in [-0.25, -0.2) is 0 Å². The number of aliphatic hydroxyl groups excluding tert-OH is 1. The molecule has 1 amide bonds. The number of aliphatic hydroxyl groups is 1. The molecule has 0 bridgehead atoms. The second kappa shape index (κ2) is 6.47. The molecule has 0 aliphatic rings. The fraction of sp³-hybridized carbons (Fsp3) is 0.417. The van der Waals surface area contributed by atoms with E-state index in [1.165, 1.54) is 0 Å². The first kappa shape index (κ1) is 13.8. The number of carbonyl (C=O) groups excluding carboxylic acids is 1. The molecule has 2 unspecified atom stereocenters. The quantitative estimate of drug-likeness (QED) is 0.786. The summed E-state index contributed by atoms with van der Waals surface area (Å²) in [7, 11) is 1.58. The Morgan fingerprint density at radius 3 is 2.47 bits per heavy atom. The van der Waals surface area contributed by atoms with Crippen molar-refractivity contribution < 1.29 is 14.6 Å². The van der Waals surface area contributed by atoms with Crippen molar-refractivity contribution in [3.05, 3.63) is 29.8 Å². The molecule has 5 heteroatoms. The summed E-state index contributed by atoms with van der Waals surface area (Å²) in [6, 6.07) is 6.68. The number of alkyl halides is 1. The Morgan fingerprint density at radius 2 is 2.06 bits per heavy atom. The molecule has 2 atom stereocenters. The molecule has 0 heterocycles. The normalized spacial score (nSPS) is 13.9. The van der Waals surface area contributed by atoms with Crippen molar-refractivity contribution in [2.45, 2.75) is 19.1 Å². The summed E-state index contributed by atoms with van der Waals surface area (Å²) in [5.41, 5.74) is 0.805. The first-order chi connectivity index (χ1) is 8.08. The maximum absolute atomic E-state index is 11.2. The van der Waals surface area contributed by atoms with Crippen LogP contribution >= 0.6 is 11.6 Å². The maximum atomic E-state index is 11.2. The van der Waals surface area contributed by atoms with Gasteiger partial charge in [-0.1, -0.05) is 12.1 Å². The number of ether oxygens (including phenoxy) is 1. The SMILES string of the molecule is COc1ccc(C(NC(=O)CCl)C(C)O)cc1. The molecule has 1 aromatic carbocycles. The molecule has 0 fully saturated rings. The van der Waals surface area contributed by atoms with Crippen molar-refractivity contribution in [1.82, 2.24) is 5.32 Å².